The van der Waals surface area contributed by atoms with E-state index in [4.69, 9.17) is 16.0 Å². The summed E-state index contributed by atoms with van der Waals surface area (Å²) in [6.07, 6.45) is 0. The molecule has 0 radical (unpaired) electrons. The van der Waals surface area contributed by atoms with Crippen LogP contribution in [0, 0.1) is 5.82 Å². The van der Waals surface area contributed by atoms with Crippen LogP contribution in [0.3, 0.4) is 0 Å². The number of aromatic nitrogens is 1. The van der Waals surface area contributed by atoms with Gasteiger partial charge in [0.2, 0.25) is 26.6 Å². The second-order valence-electron chi connectivity index (χ2n) is 6.57. The van der Waals surface area contributed by atoms with E-state index in [-0.39, 0.29) is 33.8 Å². The van der Waals surface area contributed by atoms with E-state index < -0.39 is 15.7 Å². The molecular formula is C22H15BrClFN2O3S. The van der Waals surface area contributed by atoms with Gasteiger partial charge in [0.25, 0.3) is 0 Å². The summed E-state index contributed by atoms with van der Waals surface area (Å²) < 4.78 is 47.2. The third kappa shape index (κ3) is 4.66. The van der Waals surface area contributed by atoms with Gasteiger partial charge in [-0.05, 0) is 54.1 Å². The summed E-state index contributed by atoms with van der Waals surface area (Å²) in [6.45, 7) is 0.256. The van der Waals surface area contributed by atoms with Gasteiger partial charge in [-0.1, -0.05) is 51.8 Å². The highest BCUT2D eigenvalue weighted by atomic mass is 79.9. The molecule has 0 bridgehead atoms. The summed E-state index contributed by atoms with van der Waals surface area (Å²) in [5, 5.41) is 3.23. The monoisotopic (exact) mass is 520 g/mol. The minimum absolute atomic E-state index is 0.0404. The predicted octanol–water partition coefficient (Wildman–Crippen LogP) is 6.34. The minimum atomic E-state index is -4.03. The number of hydrogen-bond acceptors (Lipinski definition) is 5. The Labute approximate surface area is 191 Å². The van der Waals surface area contributed by atoms with Crippen molar-refractivity contribution in [3.05, 3.63) is 93.7 Å². The molecular weight excluding hydrogens is 507 g/mol. The van der Waals surface area contributed by atoms with Crippen molar-refractivity contribution in [3.8, 4) is 11.5 Å². The highest BCUT2D eigenvalue weighted by Crippen LogP contribution is 2.34. The van der Waals surface area contributed by atoms with E-state index in [2.05, 4.69) is 26.2 Å². The topological polar surface area (TPSA) is 72.2 Å². The molecule has 0 unspecified atom stereocenters. The Morgan fingerprint density at radius 1 is 1.00 bits per heavy atom. The average molecular weight is 522 g/mol. The summed E-state index contributed by atoms with van der Waals surface area (Å²) in [7, 11) is -4.03. The Hall–Kier alpha value is -2.68. The molecule has 158 valence electrons. The lowest BCUT2D eigenvalue weighted by molar-refractivity contribution is 0.567. The molecule has 0 aliphatic carbocycles. The van der Waals surface area contributed by atoms with Crippen LogP contribution in [-0.2, 0) is 16.4 Å². The SMILES string of the molecule is O=S(=O)(c1ccc(Br)cc1)c1nc(-c2ccccc2F)oc1NCc1ccc(Cl)cc1. The van der Waals surface area contributed by atoms with E-state index >= 15 is 0 Å². The number of sulfone groups is 1. The number of halogens is 3. The molecule has 0 spiro atoms. The van der Waals surface area contributed by atoms with E-state index in [0.29, 0.717) is 5.02 Å². The summed E-state index contributed by atoms with van der Waals surface area (Å²) in [6, 6.07) is 19.1. The lowest BCUT2D eigenvalue weighted by Crippen LogP contribution is -2.07. The van der Waals surface area contributed by atoms with Gasteiger partial charge in [-0.2, -0.15) is 4.98 Å². The first-order valence-electron chi connectivity index (χ1n) is 9.09. The Balaban J connectivity index is 1.77. The third-order valence-electron chi connectivity index (χ3n) is 4.45. The average Bonchev–Trinajstić information content (AvgIpc) is 3.19. The maximum atomic E-state index is 14.3. The molecule has 31 heavy (non-hydrogen) atoms. The van der Waals surface area contributed by atoms with Crippen molar-refractivity contribution in [3.63, 3.8) is 0 Å². The van der Waals surface area contributed by atoms with Crippen LogP contribution in [0.2, 0.25) is 5.02 Å². The molecule has 0 atom stereocenters. The molecule has 3 aromatic carbocycles. The normalized spacial score (nSPS) is 11.5. The van der Waals surface area contributed by atoms with E-state index in [0.717, 1.165) is 10.0 Å². The molecule has 0 saturated carbocycles. The van der Waals surface area contributed by atoms with Crippen molar-refractivity contribution in [1.29, 1.82) is 0 Å². The molecule has 0 aliphatic rings. The molecule has 4 rings (SSSR count). The fraction of sp³-hybridized carbons (Fsp3) is 0.0455. The number of anilines is 1. The molecule has 0 aliphatic heterocycles. The van der Waals surface area contributed by atoms with Gasteiger partial charge in [0.15, 0.2) is 0 Å². The summed E-state index contributed by atoms with van der Waals surface area (Å²) in [5.74, 6) is -0.774. The van der Waals surface area contributed by atoms with Crippen LogP contribution in [0.4, 0.5) is 10.3 Å². The second kappa shape index (κ2) is 8.82. The van der Waals surface area contributed by atoms with Crippen molar-refractivity contribution < 1.29 is 17.2 Å². The quantitative estimate of drug-likeness (QED) is 0.320. The second-order valence-corrected chi connectivity index (χ2v) is 9.79. The van der Waals surface area contributed by atoms with Crippen LogP contribution in [-0.4, -0.2) is 13.4 Å². The van der Waals surface area contributed by atoms with Gasteiger partial charge in [0, 0.05) is 16.0 Å². The molecule has 0 fully saturated rings. The summed E-state index contributed by atoms with van der Waals surface area (Å²) in [4.78, 5) is 4.19. The largest absolute Gasteiger partial charge is 0.419 e. The zero-order valence-corrected chi connectivity index (χ0v) is 19.0. The van der Waals surface area contributed by atoms with E-state index in [1.54, 1.807) is 42.5 Å². The Bertz CT molecular complexity index is 1320. The molecule has 1 aromatic heterocycles. The first-order valence-corrected chi connectivity index (χ1v) is 11.7. The van der Waals surface area contributed by atoms with E-state index in [1.807, 2.05) is 0 Å². The van der Waals surface area contributed by atoms with Crippen LogP contribution in [0.25, 0.3) is 11.5 Å². The van der Waals surface area contributed by atoms with Crippen molar-refractivity contribution in [1.82, 2.24) is 4.98 Å². The molecule has 1 N–H and O–H groups in total. The molecule has 0 amide bonds. The van der Waals surface area contributed by atoms with Crippen molar-refractivity contribution in [2.45, 2.75) is 16.5 Å². The number of rotatable bonds is 6. The van der Waals surface area contributed by atoms with Gasteiger partial charge < -0.3 is 9.73 Å². The molecule has 5 nitrogen and oxygen atoms in total. The van der Waals surface area contributed by atoms with Crippen LogP contribution in [0.1, 0.15) is 5.56 Å². The van der Waals surface area contributed by atoms with Crippen LogP contribution in [0.5, 0.6) is 0 Å². The van der Waals surface area contributed by atoms with Crippen LogP contribution in [0.15, 0.2) is 91.6 Å². The van der Waals surface area contributed by atoms with Crippen molar-refractivity contribution >= 4 is 43.3 Å². The number of benzene rings is 3. The van der Waals surface area contributed by atoms with E-state index in [9.17, 15) is 12.8 Å². The van der Waals surface area contributed by atoms with Crippen LogP contribution < -0.4 is 5.32 Å². The fourth-order valence-electron chi connectivity index (χ4n) is 2.86. The number of hydrogen-bond donors (Lipinski definition) is 1. The van der Waals surface area contributed by atoms with Crippen molar-refractivity contribution in [2.24, 2.45) is 0 Å². The number of nitrogens with zero attached hydrogens (tertiary/aromatic N) is 1. The Kier molecular flexibility index (Phi) is 6.13. The van der Waals surface area contributed by atoms with E-state index in [1.165, 1.54) is 30.3 Å². The Morgan fingerprint density at radius 2 is 1.68 bits per heavy atom. The summed E-state index contributed by atoms with van der Waals surface area (Å²) >= 11 is 9.20. The fourth-order valence-corrected chi connectivity index (χ4v) is 4.53. The highest BCUT2D eigenvalue weighted by molar-refractivity contribution is 9.10. The smallest absolute Gasteiger partial charge is 0.234 e. The number of oxazole rings is 1. The molecule has 4 aromatic rings. The van der Waals surface area contributed by atoms with Gasteiger partial charge in [-0.25, -0.2) is 12.8 Å². The first kappa shape index (κ1) is 21.5. The van der Waals surface area contributed by atoms with Gasteiger partial charge in [-0.3, -0.25) is 0 Å². The first-order chi connectivity index (χ1) is 14.8. The molecule has 0 saturated heterocycles. The minimum Gasteiger partial charge on any atom is -0.419 e. The number of nitrogens with one attached hydrogen (secondary N) is 1. The maximum Gasteiger partial charge on any atom is 0.234 e. The lowest BCUT2D eigenvalue weighted by Gasteiger charge is -2.06. The highest BCUT2D eigenvalue weighted by Gasteiger charge is 2.29. The zero-order valence-electron chi connectivity index (χ0n) is 15.8. The van der Waals surface area contributed by atoms with Crippen LogP contribution >= 0.6 is 27.5 Å². The molecule has 9 heteroatoms. The zero-order chi connectivity index (χ0) is 22.0. The maximum absolute atomic E-state index is 14.3. The third-order valence-corrected chi connectivity index (χ3v) is 6.90. The van der Waals surface area contributed by atoms with Gasteiger partial charge in [-0.15, -0.1) is 0 Å². The lowest BCUT2D eigenvalue weighted by atomic mass is 10.2. The predicted molar refractivity (Wildman–Crippen MR) is 120 cm³/mol. The molecule has 1 heterocycles. The van der Waals surface area contributed by atoms with Gasteiger partial charge in [0.05, 0.1) is 10.5 Å². The van der Waals surface area contributed by atoms with Gasteiger partial charge >= 0.3 is 0 Å². The summed E-state index contributed by atoms with van der Waals surface area (Å²) in [5.41, 5.74) is 0.912. The van der Waals surface area contributed by atoms with Crippen molar-refractivity contribution in [2.75, 3.05) is 5.32 Å². The Morgan fingerprint density at radius 3 is 2.35 bits per heavy atom. The standard InChI is InChI=1S/C22H15BrClFN2O3S/c23-15-7-11-17(12-8-15)31(28,29)22-21(26-13-14-5-9-16(24)10-6-14)30-20(27-22)18-3-1-2-4-19(18)25/h1-12,26H,13H2. The van der Waals surface area contributed by atoms with Gasteiger partial charge in [0.1, 0.15) is 5.82 Å².